The summed E-state index contributed by atoms with van der Waals surface area (Å²) in [5.74, 6) is 0. The van der Waals surface area contributed by atoms with Crippen molar-refractivity contribution in [3.63, 3.8) is 0 Å². The van der Waals surface area contributed by atoms with E-state index in [-0.39, 0.29) is 0 Å². The first-order valence-corrected chi connectivity index (χ1v) is 8.69. The number of rotatable bonds is 2. The summed E-state index contributed by atoms with van der Waals surface area (Å²) in [5, 5.41) is 7.29. The molecule has 2 bridgehead atoms. The van der Waals surface area contributed by atoms with Gasteiger partial charge in [0.2, 0.25) is 0 Å². The Balaban J connectivity index is 2.12. The molecule has 2 aliphatic rings. The summed E-state index contributed by atoms with van der Waals surface area (Å²) < 4.78 is 0. The van der Waals surface area contributed by atoms with Gasteiger partial charge in [-0.1, -0.05) is 13.8 Å². The zero-order valence-corrected chi connectivity index (χ0v) is 13.6. The van der Waals surface area contributed by atoms with E-state index in [1.807, 2.05) is 0 Å². The quantitative estimate of drug-likeness (QED) is 0.795. The van der Waals surface area contributed by atoms with Crippen molar-refractivity contribution < 1.29 is 0 Å². The van der Waals surface area contributed by atoms with E-state index in [0.717, 1.165) is 13.1 Å². The SMILES string of the molecule is CCC1(CC)CCNCCN2CCCNCCN1CC2. The Kier molecular flexibility index (Phi) is 6.75. The molecule has 2 unspecified atom stereocenters. The maximum absolute atomic E-state index is 3.66. The topological polar surface area (TPSA) is 30.5 Å². The number of nitrogens with one attached hydrogen (secondary N) is 2. The van der Waals surface area contributed by atoms with Gasteiger partial charge in [-0.2, -0.15) is 0 Å². The van der Waals surface area contributed by atoms with Gasteiger partial charge in [-0.05, 0) is 45.3 Å². The molecule has 2 N–H and O–H groups in total. The molecule has 0 aromatic rings. The van der Waals surface area contributed by atoms with Gasteiger partial charge >= 0.3 is 0 Å². The average molecular weight is 282 g/mol. The summed E-state index contributed by atoms with van der Waals surface area (Å²) in [5.41, 5.74) is 0.400. The second kappa shape index (κ2) is 8.32. The predicted molar refractivity (Wildman–Crippen MR) is 86.3 cm³/mol. The Bertz CT molecular complexity index is 263. The average Bonchev–Trinajstić information content (AvgIpc) is 2.50. The third-order valence-electron chi connectivity index (χ3n) is 5.43. The second-order valence-corrected chi connectivity index (χ2v) is 6.36. The van der Waals surface area contributed by atoms with Gasteiger partial charge in [0.1, 0.15) is 0 Å². The molecule has 118 valence electrons. The van der Waals surface area contributed by atoms with E-state index < -0.39 is 0 Å². The lowest BCUT2D eigenvalue weighted by molar-refractivity contribution is 0.0513. The Morgan fingerprint density at radius 1 is 0.800 bits per heavy atom. The molecule has 2 atom stereocenters. The van der Waals surface area contributed by atoms with Gasteiger partial charge < -0.3 is 15.5 Å². The molecule has 4 nitrogen and oxygen atoms in total. The van der Waals surface area contributed by atoms with Crippen molar-refractivity contribution >= 4 is 0 Å². The molecule has 0 aromatic carbocycles. The zero-order valence-electron chi connectivity index (χ0n) is 13.6. The summed E-state index contributed by atoms with van der Waals surface area (Å²) in [6.45, 7) is 15.5. The Labute approximate surface area is 125 Å². The van der Waals surface area contributed by atoms with Crippen LogP contribution in [-0.2, 0) is 0 Å². The van der Waals surface area contributed by atoms with Gasteiger partial charge in [-0.15, -0.1) is 0 Å². The summed E-state index contributed by atoms with van der Waals surface area (Å²) in [6.07, 6.45) is 5.11. The Morgan fingerprint density at radius 2 is 1.55 bits per heavy atom. The molecular weight excluding hydrogens is 248 g/mol. The van der Waals surface area contributed by atoms with Crippen LogP contribution in [0.1, 0.15) is 39.5 Å². The van der Waals surface area contributed by atoms with Crippen LogP contribution in [-0.4, -0.2) is 74.2 Å². The number of hydrogen-bond donors (Lipinski definition) is 2. The highest BCUT2D eigenvalue weighted by atomic mass is 15.3. The number of fused-ring (bicyclic) bond motifs is 3. The van der Waals surface area contributed by atoms with Crippen LogP contribution >= 0.6 is 0 Å². The molecule has 0 saturated carbocycles. The van der Waals surface area contributed by atoms with Crippen molar-refractivity contribution in [1.29, 1.82) is 0 Å². The molecule has 0 radical (unpaired) electrons. The summed E-state index contributed by atoms with van der Waals surface area (Å²) in [6, 6.07) is 0. The van der Waals surface area contributed by atoms with E-state index in [9.17, 15) is 0 Å². The normalized spacial score (nSPS) is 32.7. The summed E-state index contributed by atoms with van der Waals surface area (Å²) in [4.78, 5) is 5.43. The van der Waals surface area contributed by atoms with Crippen molar-refractivity contribution in [1.82, 2.24) is 20.4 Å². The molecule has 20 heavy (non-hydrogen) atoms. The molecule has 2 aliphatic heterocycles. The monoisotopic (exact) mass is 282 g/mol. The molecule has 0 amide bonds. The maximum Gasteiger partial charge on any atom is 0.0217 e. The molecular formula is C16H34N4. The van der Waals surface area contributed by atoms with Crippen molar-refractivity contribution in [3.8, 4) is 0 Å². The molecule has 2 heterocycles. The fraction of sp³-hybridized carbons (Fsp3) is 1.00. The number of nitrogens with zero attached hydrogens (tertiary/aromatic N) is 2. The molecule has 4 heteroatoms. The minimum atomic E-state index is 0.400. The highest BCUT2D eigenvalue weighted by Crippen LogP contribution is 2.27. The largest absolute Gasteiger partial charge is 0.315 e. The van der Waals surface area contributed by atoms with E-state index in [4.69, 9.17) is 0 Å². The van der Waals surface area contributed by atoms with Crippen LogP contribution in [0.4, 0.5) is 0 Å². The van der Waals surface area contributed by atoms with Crippen molar-refractivity contribution in [3.05, 3.63) is 0 Å². The Morgan fingerprint density at radius 3 is 2.35 bits per heavy atom. The molecule has 0 spiro atoms. The van der Waals surface area contributed by atoms with E-state index >= 15 is 0 Å². The highest BCUT2D eigenvalue weighted by molar-refractivity contribution is 4.91. The van der Waals surface area contributed by atoms with E-state index in [2.05, 4.69) is 34.3 Å². The van der Waals surface area contributed by atoms with E-state index in [1.54, 1.807) is 0 Å². The van der Waals surface area contributed by atoms with Gasteiger partial charge in [0.15, 0.2) is 0 Å². The highest BCUT2D eigenvalue weighted by Gasteiger charge is 2.33. The van der Waals surface area contributed by atoms with E-state index in [1.165, 1.54) is 71.5 Å². The first kappa shape index (κ1) is 16.2. The third-order valence-corrected chi connectivity index (χ3v) is 5.43. The first-order chi connectivity index (χ1) is 9.80. The predicted octanol–water partition coefficient (Wildman–Crippen LogP) is 1.14. The van der Waals surface area contributed by atoms with Crippen LogP contribution in [0.2, 0.25) is 0 Å². The van der Waals surface area contributed by atoms with Crippen LogP contribution in [0.25, 0.3) is 0 Å². The molecule has 0 aromatic heterocycles. The molecule has 0 aliphatic carbocycles. The van der Waals surface area contributed by atoms with Crippen LogP contribution in [0.3, 0.4) is 0 Å². The Hall–Kier alpha value is -0.160. The molecule has 2 saturated heterocycles. The standard InChI is InChI=1S/C16H34N4/c1-3-16(4-2)6-8-18-9-12-19-11-5-7-17-10-13-20(16)15-14-19/h17-18H,3-15H2,1-2H3. The second-order valence-electron chi connectivity index (χ2n) is 6.36. The van der Waals surface area contributed by atoms with Gasteiger partial charge in [-0.25, -0.2) is 0 Å². The van der Waals surface area contributed by atoms with Gasteiger partial charge in [0, 0.05) is 44.8 Å². The first-order valence-electron chi connectivity index (χ1n) is 8.69. The summed E-state index contributed by atoms with van der Waals surface area (Å²) in [7, 11) is 0. The minimum absolute atomic E-state index is 0.400. The van der Waals surface area contributed by atoms with Crippen LogP contribution in [0.15, 0.2) is 0 Å². The van der Waals surface area contributed by atoms with Gasteiger partial charge in [0.05, 0.1) is 0 Å². The van der Waals surface area contributed by atoms with Crippen molar-refractivity contribution in [2.24, 2.45) is 0 Å². The van der Waals surface area contributed by atoms with Crippen LogP contribution < -0.4 is 10.6 Å². The fourth-order valence-corrected chi connectivity index (χ4v) is 3.84. The minimum Gasteiger partial charge on any atom is -0.315 e. The molecule has 2 rings (SSSR count). The lowest BCUT2D eigenvalue weighted by Gasteiger charge is -2.45. The van der Waals surface area contributed by atoms with Crippen LogP contribution in [0, 0.1) is 0 Å². The summed E-state index contributed by atoms with van der Waals surface area (Å²) >= 11 is 0. The molecule has 2 fully saturated rings. The lowest BCUT2D eigenvalue weighted by Crippen LogP contribution is -2.55. The maximum atomic E-state index is 3.66. The number of hydrogen-bond acceptors (Lipinski definition) is 4. The van der Waals surface area contributed by atoms with Crippen molar-refractivity contribution in [2.75, 3.05) is 58.9 Å². The smallest absolute Gasteiger partial charge is 0.0217 e. The van der Waals surface area contributed by atoms with Gasteiger partial charge in [-0.3, -0.25) is 4.90 Å². The van der Waals surface area contributed by atoms with Crippen molar-refractivity contribution in [2.45, 2.75) is 45.1 Å². The zero-order chi connectivity index (χ0) is 14.3. The lowest BCUT2D eigenvalue weighted by atomic mass is 9.86. The van der Waals surface area contributed by atoms with Gasteiger partial charge in [0.25, 0.3) is 0 Å². The van der Waals surface area contributed by atoms with Crippen LogP contribution in [0.5, 0.6) is 0 Å². The van der Waals surface area contributed by atoms with E-state index in [0.29, 0.717) is 5.54 Å². The third kappa shape index (κ3) is 4.17. The fourth-order valence-electron chi connectivity index (χ4n) is 3.84.